The number of ketones is 1. The highest BCUT2D eigenvalue weighted by Gasteiger charge is 2.69. The molecule has 0 unspecified atom stereocenters. The second-order valence-electron chi connectivity index (χ2n) is 12.6. The van der Waals surface area contributed by atoms with E-state index in [9.17, 15) is 37.1 Å². The summed E-state index contributed by atoms with van der Waals surface area (Å²) in [6.07, 6.45) is -4.84. The van der Waals surface area contributed by atoms with Gasteiger partial charge in [-0.2, -0.15) is 13.2 Å². The predicted octanol–water partition coefficient (Wildman–Crippen LogP) is 2.86. The second kappa shape index (κ2) is 11.4. The molecule has 3 aliphatic rings. The minimum absolute atomic E-state index is 0.0721. The number of carbonyl (C=O) groups is 5. The second-order valence-corrected chi connectivity index (χ2v) is 13.0. The summed E-state index contributed by atoms with van der Waals surface area (Å²) in [5.74, 6) is -6.86. The third-order valence-corrected chi connectivity index (χ3v) is 9.44. The van der Waals surface area contributed by atoms with Crippen LogP contribution in [0.15, 0.2) is 22.6 Å². The molecule has 1 aromatic carbocycles. The molecule has 1 saturated carbocycles. The Hall–Kier alpha value is -3.68. The monoisotopic (exact) mass is 639 g/mol. The van der Waals surface area contributed by atoms with Crippen molar-refractivity contribution in [2.45, 2.75) is 64.8 Å². The number of nitrogens with zero attached hydrogens (tertiary/aromatic N) is 2. The lowest BCUT2D eigenvalue weighted by atomic mass is 9.94. The van der Waals surface area contributed by atoms with Gasteiger partial charge < -0.3 is 25.3 Å². The molecule has 11 nitrogen and oxygen atoms in total. The van der Waals surface area contributed by atoms with Gasteiger partial charge in [0.2, 0.25) is 23.5 Å². The largest absolute Gasteiger partial charge is 0.471 e. The third kappa shape index (κ3) is 5.75. The zero-order valence-electron chi connectivity index (χ0n) is 24.5. The van der Waals surface area contributed by atoms with Crippen LogP contribution in [0.2, 0.25) is 5.02 Å². The first kappa shape index (κ1) is 31.7. The highest BCUT2D eigenvalue weighted by molar-refractivity contribution is 6.34. The minimum Gasteiger partial charge on any atom is -0.434 e. The summed E-state index contributed by atoms with van der Waals surface area (Å²) in [5.41, 5.74) is 0.140. The number of amides is 4. The van der Waals surface area contributed by atoms with Crippen LogP contribution in [0.4, 0.5) is 13.2 Å². The van der Waals surface area contributed by atoms with Gasteiger partial charge in [-0.25, -0.2) is 4.98 Å². The summed E-state index contributed by atoms with van der Waals surface area (Å²) in [6, 6.07) is 0.827. The van der Waals surface area contributed by atoms with Crippen LogP contribution in [0.5, 0.6) is 0 Å². The van der Waals surface area contributed by atoms with Crippen molar-refractivity contribution in [1.29, 1.82) is 0 Å². The lowest BCUT2D eigenvalue weighted by Gasteiger charge is -2.35. The molecule has 2 aliphatic heterocycles. The standard InChI is InChI=1S/C29H33ClF3N5O6/c1-12(2)19(37-27(43)29(31,32)33)26(42)38-11-14-18(28(14,3)4)21(38)24(41)35-16(10-13-8-9-34-23(13)40)22(39)25-36-20-15(30)6-5-7-17(20)44-25/h5-7,12-14,16,18-19,21H,8-11H2,1-4H3,(H,34,40)(H,35,41)(H,37,43)/t13-,14-,16-,18-,19-,21-/m0/s1. The maximum atomic E-state index is 14.0. The van der Waals surface area contributed by atoms with Gasteiger partial charge in [-0.15, -0.1) is 0 Å². The average molecular weight is 640 g/mol. The molecule has 0 spiro atoms. The number of rotatable bonds is 9. The van der Waals surface area contributed by atoms with Gasteiger partial charge in [-0.1, -0.05) is 45.4 Å². The van der Waals surface area contributed by atoms with Crippen LogP contribution in [0.25, 0.3) is 11.1 Å². The van der Waals surface area contributed by atoms with Crippen LogP contribution in [-0.4, -0.2) is 76.7 Å². The molecule has 1 aromatic heterocycles. The van der Waals surface area contributed by atoms with E-state index in [-0.39, 0.29) is 58.1 Å². The molecule has 238 valence electrons. The Morgan fingerprint density at radius 3 is 2.50 bits per heavy atom. The van der Waals surface area contributed by atoms with E-state index in [0.29, 0.717) is 13.0 Å². The maximum Gasteiger partial charge on any atom is 0.471 e. The van der Waals surface area contributed by atoms with Crippen LogP contribution >= 0.6 is 11.6 Å². The lowest BCUT2D eigenvalue weighted by molar-refractivity contribution is -0.175. The number of halogens is 4. The number of hydrogen-bond acceptors (Lipinski definition) is 7. The summed E-state index contributed by atoms with van der Waals surface area (Å²) >= 11 is 6.20. The number of likely N-dealkylation sites (tertiary alicyclic amines) is 1. The number of hydrogen-bond donors (Lipinski definition) is 3. The van der Waals surface area contributed by atoms with E-state index in [4.69, 9.17) is 16.0 Å². The maximum absolute atomic E-state index is 14.0. The molecule has 3 fully saturated rings. The number of benzene rings is 1. The molecule has 1 aliphatic carbocycles. The Morgan fingerprint density at radius 2 is 1.91 bits per heavy atom. The number of fused-ring (bicyclic) bond motifs is 2. The highest BCUT2D eigenvalue weighted by atomic mass is 35.5. The normalized spacial score (nSPS) is 25.4. The number of Topliss-reactive ketones (excluding diaryl/α,β-unsaturated/α-hetero) is 1. The van der Waals surface area contributed by atoms with Gasteiger partial charge in [0.1, 0.15) is 17.6 Å². The Balaban J connectivity index is 1.43. The SMILES string of the molecule is CC(C)[C@H](NC(=O)C(F)(F)F)C(=O)N1C[C@H]2[C@@H]([C@H]1C(=O)N[C@@H](C[C@@H]1CCNC1=O)C(=O)c1nc3c(Cl)cccc3o1)C2(C)C. The molecule has 2 aromatic rings. The van der Waals surface area contributed by atoms with Crippen molar-refractivity contribution in [3.8, 4) is 0 Å². The summed E-state index contributed by atoms with van der Waals surface area (Å²) in [4.78, 5) is 70.9. The lowest BCUT2D eigenvalue weighted by Crippen LogP contribution is -2.59. The van der Waals surface area contributed by atoms with Gasteiger partial charge >= 0.3 is 12.1 Å². The number of oxazole rings is 1. The number of aromatic nitrogens is 1. The number of nitrogens with one attached hydrogen (secondary N) is 3. The van der Waals surface area contributed by atoms with E-state index in [0.717, 1.165) is 0 Å². The number of para-hydroxylation sites is 1. The Labute approximate surface area is 255 Å². The fraction of sp³-hybridized carbons (Fsp3) is 0.586. The van der Waals surface area contributed by atoms with E-state index in [2.05, 4.69) is 15.6 Å². The first-order valence-corrected chi connectivity index (χ1v) is 14.8. The smallest absolute Gasteiger partial charge is 0.434 e. The molecule has 4 amide bonds. The molecular weight excluding hydrogens is 607 g/mol. The quantitative estimate of drug-likeness (QED) is 0.357. The van der Waals surface area contributed by atoms with Crippen molar-refractivity contribution in [3.63, 3.8) is 0 Å². The highest BCUT2D eigenvalue weighted by Crippen LogP contribution is 2.65. The zero-order valence-corrected chi connectivity index (χ0v) is 25.2. The fourth-order valence-corrected chi connectivity index (χ4v) is 6.75. The topological polar surface area (TPSA) is 151 Å². The Kier molecular flexibility index (Phi) is 8.19. The van der Waals surface area contributed by atoms with Crippen LogP contribution in [0.3, 0.4) is 0 Å². The van der Waals surface area contributed by atoms with Gasteiger partial charge in [0.05, 0.1) is 11.1 Å². The fourth-order valence-electron chi connectivity index (χ4n) is 6.54. The molecule has 3 N–H and O–H groups in total. The molecule has 15 heteroatoms. The zero-order chi connectivity index (χ0) is 32.3. The molecule has 5 rings (SSSR count). The third-order valence-electron chi connectivity index (χ3n) is 9.13. The first-order chi connectivity index (χ1) is 20.5. The van der Waals surface area contributed by atoms with Crippen molar-refractivity contribution >= 4 is 52.1 Å². The van der Waals surface area contributed by atoms with Gasteiger partial charge in [0, 0.05) is 19.0 Å². The van der Waals surface area contributed by atoms with E-state index in [1.807, 2.05) is 13.8 Å². The Bertz CT molecular complexity index is 1520. The predicted molar refractivity (Wildman–Crippen MR) is 150 cm³/mol. The minimum atomic E-state index is -5.20. The molecule has 3 heterocycles. The van der Waals surface area contributed by atoms with Gasteiger partial charge in [-0.05, 0) is 48.1 Å². The average Bonchev–Trinajstić information content (AvgIpc) is 3.46. The summed E-state index contributed by atoms with van der Waals surface area (Å²) in [5, 5.41) is 7.44. The number of alkyl halides is 3. The molecule has 2 saturated heterocycles. The van der Waals surface area contributed by atoms with Crippen molar-refractivity contribution in [2.75, 3.05) is 13.1 Å². The van der Waals surface area contributed by atoms with E-state index >= 15 is 0 Å². The molecule has 44 heavy (non-hydrogen) atoms. The van der Waals surface area contributed by atoms with Crippen LogP contribution < -0.4 is 16.0 Å². The van der Waals surface area contributed by atoms with E-state index in [1.54, 1.807) is 23.5 Å². The number of piperidine rings is 1. The Morgan fingerprint density at radius 1 is 1.20 bits per heavy atom. The van der Waals surface area contributed by atoms with Crippen molar-refractivity contribution in [1.82, 2.24) is 25.8 Å². The number of carbonyl (C=O) groups excluding carboxylic acids is 5. The summed E-state index contributed by atoms with van der Waals surface area (Å²) in [6.45, 7) is 7.31. The van der Waals surface area contributed by atoms with Crippen LogP contribution in [0, 0.1) is 29.1 Å². The summed E-state index contributed by atoms with van der Waals surface area (Å²) < 4.78 is 44.8. The van der Waals surface area contributed by atoms with Crippen LogP contribution in [0.1, 0.15) is 51.2 Å². The van der Waals surface area contributed by atoms with Gasteiger partial charge in [0.25, 0.3) is 5.89 Å². The van der Waals surface area contributed by atoms with Gasteiger partial charge in [0.15, 0.2) is 5.58 Å². The van der Waals surface area contributed by atoms with Crippen molar-refractivity contribution in [2.24, 2.45) is 29.1 Å². The van der Waals surface area contributed by atoms with E-state index < -0.39 is 59.6 Å². The van der Waals surface area contributed by atoms with Crippen molar-refractivity contribution < 1.29 is 41.6 Å². The van der Waals surface area contributed by atoms with Crippen LogP contribution in [-0.2, 0) is 19.2 Å². The molecular formula is C29H33ClF3N5O6. The van der Waals surface area contributed by atoms with Gasteiger partial charge in [-0.3, -0.25) is 24.0 Å². The molecule has 0 bridgehead atoms. The van der Waals surface area contributed by atoms with E-state index in [1.165, 1.54) is 18.7 Å². The molecule has 6 atom stereocenters. The first-order valence-electron chi connectivity index (χ1n) is 14.4. The van der Waals surface area contributed by atoms with Crippen molar-refractivity contribution in [3.05, 3.63) is 29.1 Å². The molecule has 0 radical (unpaired) electrons. The summed E-state index contributed by atoms with van der Waals surface area (Å²) in [7, 11) is 0.